The lowest BCUT2D eigenvalue weighted by atomic mass is 9.85. The molecule has 0 saturated carbocycles. The van der Waals surface area contributed by atoms with Crippen molar-refractivity contribution in [2.45, 2.75) is 19.3 Å². The van der Waals surface area contributed by atoms with E-state index in [0.29, 0.717) is 24.0 Å². The second kappa shape index (κ2) is 8.25. The molecule has 0 atom stereocenters. The van der Waals surface area contributed by atoms with Gasteiger partial charge in [-0.15, -0.1) is 0 Å². The fourth-order valence-electron chi connectivity index (χ4n) is 2.38. The van der Waals surface area contributed by atoms with Gasteiger partial charge in [-0.05, 0) is 29.8 Å². The fourth-order valence-corrected chi connectivity index (χ4v) is 2.64. The highest BCUT2D eigenvalue weighted by molar-refractivity contribution is 9.10. The first-order valence-corrected chi connectivity index (χ1v) is 8.70. The van der Waals surface area contributed by atoms with E-state index in [2.05, 4.69) is 52.2 Å². The Hall–Kier alpha value is -2.21. The van der Waals surface area contributed by atoms with Crippen molar-refractivity contribution < 1.29 is 9.47 Å². The summed E-state index contributed by atoms with van der Waals surface area (Å²) in [6.45, 7) is 4.85. The van der Waals surface area contributed by atoms with E-state index >= 15 is 0 Å². The van der Waals surface area contributed by atoms with Crippen molar-refractivity contribution in [2.24, 2.45) is 10.7 Å². The van der Waals surface area contributed by atoms with Crippen LogP contribution in [0.1, 0.15) is 19.4 Å². The number of anilines is 1. The average molecular weight is 406 g/mol. The Morgan fingerprint density at radius 1 is 1.08 bits per heavy atom. The number of methoxy groups -OCH3 is 2. The molecule has 2 aromatic rings. The van der Waals surface area contributed by atoms with Crippen LogP contribution in [0, 0.1) is 0 Å². The lowest BCUT2D eigenvalue weighted by Crippen LogP contribution is -2.27. The standard InChI is InChI=1S/C19H24BrN3O2/c1-19(2,13-5-7-14(20)8-6-13)12-22-18(21)23-15-9-10-16(24-3)17(11-15)25-4/h5-11H,12H2,1-4H3,(H3,21,22,23). The number of halogens is 1. The van der Waals surface area contributed by atoms with Gasteiger partial charge in [0, 0.05) is 21.6 Å². The highest BCUT2D eigenvalue weighted by atomic mass is 79.9. The Kier molecular flexibility index (Phi) is 6.31. The van der Waals surface area contributed by atoms with Gasteiger partial charge in [-0.2, -0.15) is 0 Å². The molecule has 6 heteroatoms. The maximum absolute atomic E-state index is 6.04. The van der Waals surface area contributed by atoms with Crippen molar-refractivity contribution in [1.29, 1.82) is 0 Å². The maximum Gasteiger partial charge on any atom is 0.193 e. The van der Waals surface area contributed by atoms with Crippen molar-refractivity contribution in [3.8, 4) is 11.5 Å². The van der Waals surface area contributed by atoms with Crippen LogP contribution in [0.3, 0.4) is 0 Å². The molecule has 0 radical (unpaired) electrons. The van der Waals surface area contributed by atoms with Gasteiger partial charge >= 0.3 is 0 Å². The lowest BCUT2D eigenvalue weighted by Gasteiger charge is -2.23. The summed E-state index contributed by atoms with van der Waals surface area (Å²) in [5, 5.41) is 3.09. The molecular weight excluding hydrogens is 382 g/mol. The number of benzene rings is 2. The zero-order chi connectivity index (χ0) is 18.4. The quantitative estimate of drug-likeness (QED) is 0.558. The van der Waals surface area contributed by atoms with Gasteiger partial charge in [-0.3, -0.25) is 4.99 Å². The Balaban J connectivity index is 2.07. The summed E-state index contributed by atoms with van der Waals surface area (Å²) in [6, 6.07) is 13.8. The molecule has 0 bridgehead atoms. The number of nitrogens with two attached hydrogens (primary N) is 1. The third kappa shape index (κ3) is 5.13. The van der Waals surface area contributed by atoms with E-state index in [4.69, 9.17) is 15.2 Å². The van der Waals surface area contributed by atoms with Crippen LogP contribution in [0.5, 0.6) is 11.5 Å². The minimum Gasteiger partial charge on any atom is -0.493 e. The topological polar surface area (TPSA) is 68.9 Å². The summed E-state index contributed by atoms with van der Waals surface area (Å²) in [6.07, 6.45) is 0. The number of guanidine groups is 1. The Morgan fingerprint density at radius 2 is 1.72 bits per heavy atom. The van der Waals surface area contributed by atoms with Crippen LogP contribution >= 0.6 is 15.9 Å². The molecule has 3 N–H and O–H groups in total. The lowest BCUT2D eigenvalue weighted by molar-refractivity contribution is 0.355. The first kappa shape index (κ1) is 19.1. The van der Waals surface area contributed by atoms with Crippen LogP contribution in [0.2, 0.25) is 0 Å². The second-order valence-corrected chi connectivity index (χ2v) is 7.20. The van der Waals surface area contributed by atoms with E-state index < -0.39 is 0 Å². The molecule has 0 spiro atoms. The maximum atomic E-state index is 6.04. The van der Waals surface area contributed by atoms with Gasteiger partial charge < -0.3 is 20.5 Å². The normalized spacial score (nSPS) is 12.0. The van der Waals surface area contributed by atoms with Gasteiger partial charge in [-0.25, -0.2) is 0 Å². The minimum absolute atomic E-state index is 0.120. The van der Waals surface area contributed by atoms with Gasteiger partial charge in [0.1, 0.15) is 0 Å². The van der Waals surface area contributed by atoms with Gasteiger partial charge in [0.15, 0.2) is 17.5 Å². The fraction of sp³-hybridized carbons (Fsp3) is 0.316. The molecule has 0 unspecified atom stereocenters. The van der Waals surface area contributed by atoms with Crippen LogP contribution in [0.4, 0.5) is 5.69 Å². The monoisotopic (exact) mass is 405 g/mol. The molecule has 0 aliphatic rings. The molecule has 5 nitrogen and oxygen atoms in total. The molecule has 25 heavy (non-hydrogen) atoms. The molecule has 0 saturated heterocycles. The first-order valence-electron chi connectivity index (χ1n) is 7.91. The molecule has 0 aromatic heterocycles. The third-order valence-electron chi connectivity index (χ3n) is 3.93. The van der Waals surface area contributed by atoms with Crippen LogP contribution < -0.4 is 20.5 Å². The number of nitrogens with one attached hydrogen (secondary N) is 1. The predicted molar refractivity (Wildman–Crippen MR) is 107 cm³/mol. The number of aliphatic imine (C=N–C) groups is 1. The Morgan fingerprint density at radius 3 is 2.32 bits per heavy atom. The average Bonchev–Trinajstić information content (AvgIpc) is 2.60. The van der Waals surface area contributed by atoms with Crippen LogP contribution in [0.15, 0.2) is 51.9 Å². The van der Waals surface area contributed by atoms with Crippen molar-refractivity contribution in [1.82, 2.24) is 0 Å². The minimum atomic E-state index is -0.120. The third-order valence-corrected chi connectivity index (χ3v) is 4.45. The molecule has 0 aliphatic heterocycles. The molecule has 2 rings (SSSR count). The summed E-state index contributed by atoms with van der Waals surface area (Å²) in [5.41, 5.74) is 7.91. The molecular formula is C19H24BrN3O2. The molecule has 0 aliphatic carbocycles. The van der Waals surface area contributed by atoms with E-state index in [9.17, 15) is 0 Å². The van der Waals surface area contributed by atoms with E-state index in [1.807, 2.05) is 30.3 Å². The highest BCUT2D eigenvalue weighted by Gasteiger charge is 2.20. The van der Waals surface area contributed by atoms with E-state index in [1.165, 1.54) is 5.56 Å². The first-order chi connectivity index (χ1) is 11.9. The summed E-state index contributed by atoms with van der Waals surface area (Å²) in [7, 11) is 3.20. The summed E-state index contributed by atoms with van der Waals surface area (Å²) < 4.78 is 11.6. The molecule has 0 amide bonds. The molecule has 0 fully saturated rings. The second-order valence-electron chi connectivity index (χ2n) is 6.29. The van der Waals surface area contributed by atoms with Gasteiger partial charge in [0.25, 0.3) is 0 Å². The smallest absolute Gasteiger partial charge is 0.193 e. The molecule has 2 aromatic carbocycles. The number of hydrogen-bond acceptors (Lipinski definition) is 3. The Labute approximate surface area is 157 Å². The summed E-state index contributed by atoms with van der Waals surface area (Å²) in [4.78, 5) is 4.49. The van der Waals surface area contributed by atoms with Crippen LogP contribution in [-0.2, 0) is 5.41 Å². The number of hydrogen-bond donors (Lipinski definition) is 2. The number of rotatable bonds is 6. The largest absolute Gasteiger partial charge is 0.493 e. The number of nitrogens with zero attached hydrogens (tertiary/aromatic N) is 1. The van der Waals surface area contributed by atoms with E-state index in [0.717, 1.165) is 10.2 Å². The van der Waals surface area contributed by atoms with E-state index in [1.54, 1.807) is 14.2 Å². The van der Waals surface area contributed by atoms with E-state index in [-0.39, 0.29) is 5.41 Å². The van der Waals surface area contributed by atoms with Crippen molar-refractivity contribution in [3.63, 3.8) is 0 Å². The zero-order valence-electron chi connectivity index (χ0n) is 15.0. The van der Waals surface area contributed by atoms with Gasteiger partial charge in [-0.1, -0.05) is 41.9 Å². The van der Waals surface area contributed by atoms with Crippen molar-refractivity contribution in [3.05, 3.63) is 52.5 Å². The van der Waals surface area contributed by atoms with Crippen molar-refractivity contribution >= 4 is 27.6 Å². The zero-order valence-corrected chi connectivity index (χ0v) is 16.6. The summed E-state index contributed by atoms with van der Waals surface area (Å²) >= 11 is 3.46. The van der Waals surface area contributed by atoms with Gasteiger partial charge in [0.05, 0.1) is 20.8 Å². The SMILES string of the molecule is COc1ccc(NC(N)=NCC(C)(C)c2ccc(Br)cc2)cc1OC. The molecule has 0 heterocycles. The van der Waals surface area contributed by atoms with Crippen LogP contribution in [0.25, 0.3) is 0 Å². The predicted octanol–water partition coefficient (Wildman–Crippen LogP) is 4.17. The Bertz CT molecular complexity index is 743. The van der Waals surface area contributed by atoms with Crippen molar-refractivity contribution in [2.75, 3.05) is 26.1 Å². The summed E-state index contributed by atoms with van der Waals surface area (Å²) in [5.74, 6) is 1.66. The van der Waals surface area contributed by atoms with Gasteiger partial charge in [0.2, 0.25) is 0 Å². The number of ether oxygens (including phenoxy) is 2. The highest BCUT2D eigenvalue weighted by Crippen LogP contribution is 2.29. The molecule has 134 valence electrons. The van der Waals surface area contributed by atoms with Crippen LogP contribution in [-0.4, -0.2) is 26.7 Å².